The molecule has 0 aromatic heterocycles. The summed E-state index contributed by atoms with van der Waals surface area (Å²) in [5.41, 5.74) is 0. The van der Waals surface area contributed by atoms with Gasteiger partial charge in [-0.25, -0.2) is 8.78 Å². The fourth-order valence-corrected chi connectivity index (χ4v) is 0.498. The van der Waals surface area contributed by atoms with Gasteiger partial charge in [-0.15, -0.1) is 0 Å². The predicted molar refractivity (Wildman–Crippen MR) is 49.7 cm³/mol. The van der Waals surface area contributed by atoms with Gasteiger partial charge < -0.3 is 5.32 Å². The van der Waals surface area contributed by atoms with Crippen LogP contribution in [0.25, 0.3) is 0 Å². The van der Waals surface area contributed by atoms with Crippen molar-refractivity contribution in [3.63, 3.8) is 0 Å². The van der Waals surface area contributed by atoms with Crippen molar-refractivity contribution < 1.29 is 8.78 Å². The van der Waals surface area contributed by atoms with Gasteiger partial charge in [0.05, 0.1) is 6.54 Å². The van der Waals surface area contributed by atoms with Crippen molar-refractivity contribution in [1.82, 2.24) is 5.32 Å². The van der Waals surface area contributed by atoms with Crippen LogP contribution < -0.4 is 5.32 Å². The molecule has 0 aliphatic heterocycles. The lowest BCUT2D eigenvalue weighted by Gasteiger charge is -2.15. The summed E-state index contributed by atoms with van der Waals surface area (Å²) >= 11 is 0. The van der Waals surface area contributed by atoms with E-state index in [9.17, 15) is 8.78 Å². The van der Waals surface area contributed by atoms with Crippen LogP contribution in [0.3, 0.4) is 0 Å². The summed E-state index contributed by atoms with van der Waals surface area (Å²) in [5, 5.41) is 2.72. The molecule has 0 aliphatic rings. The van der Waals surface area contributed by atoms with E-state index in [1.165, 1.54) is 0 Å². The second kappa shape index (κ2) is 7.47. The normalized spacial score (nSPS) is 13.2. The van der Waals surface area contributed by atoms with Crippen molar-refractivity contribution in [3.05, 3.63) is 0 Å². The maximum atomic E-state index is 12.2. The molecule has 0 saturated heterocycles. The number of nitrogens with one attached hydrogen (secondary N) is 1. The van der Waals surface area contributed by atoms with E-state index >= 15 is 0 Å². The van der Waals surface area contributed by atoms with Gasteiger partial charge >= 0.3 is 0 Å². The topological polar surface area (TPSA) is 12.0 Å². The Bertz CT molecular complexity index is 89.0. The zero-order valence-electron chi connectivity index (χ0n) is 8.75. The van der Waals surface area contributed by atoms with Gasteiger partial charge in [0.15, 0.2) is 0 Å². The third-order valence-corrected chi connectivity index (χ3v) is 1.37. The first kappa shape index (κ1) is 14.3. The third kappa shape index (κ3) is 12.5. The molecule has 0 aliphatic carbocycles. The quantitative estimate of drug-likeness (QED) is 0.703. The predicted octanol–water partition coefficient (Wildman–Crippen LogP) is 3.06. The maximum Gasteiger partial charge on any atom is 0.257 e. The van der Waals surface area contributed by atoms with Crippen LogP contribution in [0, 0.1) is 0 Å². The summed E-state index contributed by atoms with van der Waals surface area (Å²) in [6.07, 6.45) is 0.885. The van der Waals surface area contributed by atoms with Crippen molar-refractivity contribution >= 4 is 0 Å². The molecule has 0 amide bonds. The summed E-state index contributed by atoms with van der Waals surface area (Å²) in [6.45, 7) is 8.56. The molecule has 1 nitrogen and oxygen atoms in total. The second-order valence-electron chi connectivity index (χ2n) is 2.76. The molecule has 0 fully saturated rings. The van der Waals surface area contributed by atoms with Crippen molar-refractivity contribution in [1.29, 1.82) is 0 Å². The Morgan fingerprint density at radius 1 is 1.33 bits per heavy atom. The molecule has 0 rings (SSSR count). The van der Waals surface area contributed by atoms with E-state index in [4.69, 9.17) is 0 Å². The number of hydrogen-bond acceptors (Lipinski definition) is 1. The van der Waals surface area contributed by atoms with E-state index < -0.39 is 5.92 Å². The number of alkyl halides is 2. The van der Waals surface area contributed by atoms with E-state index in [-0.39, 0.29) is 12.6 Å². The van der Waals surface area contributed by atoms with Gasteiger partial charge in [-0.05, 0) is 13.3 Å². The Kier molecular flexibility index (Phi) is 8.93. The smallest absolute Gasteiger partial charge is 0.257 e. The Morgan fingerprint density at radius 3 is 2.00 bits per heavy atom. The van der Waals surface area contributed by atoms with Crippen LogP contribution in [0.1, 0.15) is 41.0 Å². The van der Waals surface area contributed by atoms with Crippen LogP contribution >= 0.6 is 0 Å². The first-order valence-electron chi connectivity index (χ1n) is 4.57. The Hall–Kier alpha value is -0.180. The summed E-state index contributed by atoms with van der Waals surface area (Å²) in [6, 6.07) is 0.186. The molecule has 0 aromatic carbocycles. The van der Waals surface area contributed by atoms with E-state index in [0.29, 0.717) is 0 Å². The lowest BCUT2D eigenvalue weighted by atomic mass is 10.2. The van der Waals surface area contributed by atoms with Gasteiger partial charge in [-0.3, -0.25) is 0 Å². The van der Waals surface area contributed by atoms with Crippen molar-refractivity contribution in [2.45, 2.75) is 53.0 Å². The molecule has 1 N–H and O–H groups in total. The van der Waals surface area contributed by atoms with Gasteiger partial charge in [0.25, 0.3) is 5.92 Å². The first-order chi connectivity index (χ1) is 5.45. The summed E-state index contributed by atoms with van der Waals surface area (Å²) in [7, 11) is 0. The van der Waals surface area contributed by atoms with Gasteiger partial charge in [0, 0.05) is 13.0 Å². The zero-order valence-corrected chi connectivity index (χ0v) is 8.75. The minimum atomic E-state index is -2.58. The highest BCUT2D eigenvalue weighted by atomic mass is 19.3. The molecule has 0 spiro atoms. The maximum absolute atomic E-state index is 12.2. The largest absolute Gasteiger partial charge is 0.309 e. The lowest BCUT2D eigenvalue weighted by Crippen LogP contribution is -2.35. The van der Waals surface area contributed by atoms with Gasteiger partial charge in [0.2, 0.25) is 0 Å². The molecular formula is C9H21F2N. The minimum absolute atomic E-state index is 0.186. The molecular weight excluding hydrogens is 160 g/mol. The van der Waals surface area contributed by atoms with Crippen molar-refractivity contribution in [3.8, 4) is 0 Å². The molecule has 1 atom stereocenters. The van der Waals surface area contributed by atoms with E-state index in [1.807, 2.05) is 27.7 Å². The van der Waals surface area contributed by atoms with Crippen LogP contribution in [0.4, 0.5) is 8.78 Å². The first-order valence-corrected chi connectivity index (χ1v) is 4.57. The van der Waals surface area contributed by atoms with Crippen LogP contribution in [0.2, 0.25) is 0 Å². The van der Waals surface area contributed by atoms with Crippen molar-refractivity contribution in [2.75, 3.05) is 6.54 Å². The molecule has 12 heavy (non-hydrogen) atoms. The summed E-state index contributed by atoms with van der Waals surface area (Å²) < 4.78 is 24.3. The Morgan fingerprint density at radius 2 is 1.75 bits per heavy atom. The minimum Gasteiger partial charge on any atom is -0.309 e. The fourth-order valence-electron chi connectivity index (χ4n) is 0.498. The zero-order chi connectivity index (χ0) is 10.2. The molecule has 0 radical (unpaired) electrons. The SMILES string of the molecule is CC.CCC(C)NCC(C)(F)F. The monoisotopic (exact) mass is 181 g/mol. The van der Waals surface area contributed by atoms with Crippen LogP contribution in [0.5, 0.6) is 0 Å². The molecule has 3 heteroatoms. The van der Waals surface area contributed by atoms with Gasteiger partial charge in [-0.1, -0.05) is 20.8 Å². The van der Waals surface area contributed by atoms with Gasteiger partial charge in [0.1, 0.15) is 0 Å². The Balaban J connectivity index is 0. The Labute approximate surface area is 74.5 Å². The lowest BCUT2D eigenvalue weighted by molar-refractivity contribution is 0.0203. The standard InChI is InChI=1S/C7H15F2N.C2H6/c1-4-6(2)10-5-7(3,8)9;1-2/h6,10H,4-5H2,1-3H3;1-2H3. The summed E-state index contributed by atoms with van der Waals surface area (Å²) in [4.78, 5) is 0. The number of hydrogen-bond donors (Lipinski definition) is 1. The van der Waals surface area contributed by atoms with E-state index in [0.717, 1.165) is 13.3 Å². The molecule has 0 aromatic rings. The van der Waals surface area contributed by atoms with Gasteiger partial charge in [-0.2, -0.15) is 0 Å². The van der Waals surface area contributed by atoms with Crippen LogP contribution in [-0.2, 0) is 0 Å². The molecule has 0 bridgehead atoms. The highest BCUT2D eigenvalue weighted by Gasteiger charge is 2.20. The molecule has 0 heterocycles. The van der Waals surface area contributed by atoms with E-state index in [2.05, 4.69) is 5.32 Å². The number of halogens is 2. The van der Waals surface area contributed by atoms with Crippen LogP contribution in [0.15, 0.2) is 0 Å². The highest BCUT2D eigenvalue weighted by molar-refractivity contribution is 4.65. The molecule has 76 valence electrons. The third-order valence-electron chi connectivity index (χ3n) is 1.37. The fraction of sp³-hybridized carbons (Fsp3) is 1.00. The highest BCUT2D eigenvalue weighted by Crippen LogP contribution is 2.09. The molecule has 1 unspecified atom stereocenters. The van der Waals surface area contributed by atoms with Crippen LogP contribution in [-0.4, -0.2) is 18.5 Å². The number of rotatable bonds is 4. The average molecular weight is 181 g/mol. The van der Waals surface area contributed by atoms with E-state index in [1.54, 1.807) is 0 Å². The molecule has 0 saturated carbocycles. The second-order valence-corrected chi connectivity index (χ2v) is 2.76. The van der Waals surface area contributed by atoms with Crippen molar-refractivity contribution in [2.24, 2.45) is 0 Å². The summed E-state index contributed by atoms with van der Waals surface area (Å²) in [5.74, 6) is -2.58. The average Bonchev–Trinajstić information content (AvgIpc) is 2.03.